The predicted molar refractivity (Wildman–Crippen MR) is 109 cm³/mol. The lowest BCUT2D eigenvalue weighted by molar-refractivity contribution is -0.128. The molecule has 6 nitrogen and oxygen atoms in total. The van der Waals surface area contributed by atoms with E-state index in [4.69, 9.17) is 4.74 Å². The first-order chi connectivity index (χ1) is 13.6. The molecule has 3 heterocycles. The van der Waals surface area contributed by atoms with E-state index in [1.54, 1.807) is 12.4 Å². The van der Waals surface area contributed by atoms with Crippen molar-refractivity contribution in [2.24, 2.45) is 0 Å². The Kier molecular flexibility index (Phi) is 5.41. The third-order valence-corrected chi connectivity index (χ3v) is 5.50. The molecule has 4 rings (SSSR count). The molecular formula is C22H26N4O2. The van der Waals surface area contributed by atoms with Crippen LogP contribution in [0.25, 0.3) is 10.9 Å². The van der Waals surface area contributed by atoms with Crippen LogP contribution in [0.1, 0.15) is 28.4 Å². The Morgan fingerprint density at radius 2 is 2.11 bits per heavy atom. The number of ether oxygens (including phenoxy) is 1. The number of nitrogens with one attached hydrogen (secondary N) is 2. The van der Waals surface area contributed by atoms with Gasteiger partial charge in [-0.2, -0.15) is 0 Å². The van der Waals surface area contributed by atoms with Crippen molar-refractivity contribution < 1.29 is 9.53 Å². The first kappa shape index (κ1) is 18.7. The fraction of sp³-hybridized carbons (Fsp3) is 0.364. The van der Waals surface area contributed by atoms with E-state index < -0.39 is 0 Å². The summed E-state index contributed by atoms with van der Waals surface area (Å²) in [6, 6.07) is 9.79. The van der Waals surface area contributed by atoms with Gasteiger partial charge in [0.15, 0.2) is 0 Å². The number of carbonyl (C=O) groups is 1. The highest BCUT2D eigenvalue weighted by atomic mass is 16.5. The zero-order valence-corrected chi connectivity index (χ0v) is 16.4. The lowest BCUT2D eigenvalue weighted by Crippen LogP contribution is -2.45. The van der Waals surface area contributed by atoms with Gasteiger partial charge in [0.05, 0.1) is 13.2 Å². The molecule has 1 fully saturated rings. The largest absolute Gasteiger partial charge is 0.379 e. The van der Waals surface area contributed by atoms with Gasteiger partial charge in [0.25, 0.3) is 0 Å². The molecule has 1 atom stereocenters. The van der Waals surface area contributed by atoms with Crippen molar-refractivity contribution in [3.8, 4) is 0 Å². The highest BCUT2D eigenvalue weighted by Crippen LogP contribution is 2.24. The molecule has 6 heteroatoms. The van der Waals surface area contributed by atoms with E-state index in [2.05, 4.69) is 52.2 Å². The number of carbonyl (C=O) groups excluding carboxylic acids is 1. The summed E-state index contributed by atoms with van der Waals surface area (Å²) in [7, 11) is 0. The lowest BCUT2D eigenvalue weighted by Gasteiger charge is -2.33. The van der Waals surface area contributed by atoms with Crippen LogP contribution in [0.3, 0.4) is 0 Å². The summed E-state index contributed by atoms with van der Waals surface area (Å²) in [4.78, 5) is 22.9. The zero-order valence-electron chi connectivity index (χ0n) is 16.4. The smallest absolute Gasteiger partial charge is 0.242 e. The molecule has 1 aromatic carbocycles. The van der Waals surface area contributed by atoms with E-state index in [0.29, 0.717) is 19.8 Å². The molecule has 0 aliphatic carbocycles. The van der Waals surface area contributed by atoms with Gasteiger partial charge in [-0.05, 0) is 48.7 Å². The number of morpholine rings is 1. The molecule has 1 saturated heterocycles. The lowest BCUT2D eigenvalue weighted by atomic mass is 10.1. The third kappa shape index (κ3) is 3.79. The number of benzene rings is 1. The molecule has 0 unspecified atom stereocenters. The average molecular weight is 378 g/mol. The Balaban J connectivity index is 1.52. The highest BCUT2D eigenvalue weighted by Gasteiger charge is 2.29. The van der Waals surface area contributed by atoms with Gasteiger partial charge in [0, 0.05) is 48.6 Å². The molecule has 2 N–H and O–H groups in total. The van der Waals surface area contributed by atoms with E-state index in [1.807, 2.05) is 12.1 Å². The maximum absolute atomic E-state index is 13.1. The topological polar surface area (TPSA) is 70.2 Å². The van der Waals surface area contributed by atoms with Crippen molar-refractivity contribution in [2.45, 2.75) is 26.4 Å². The molecular weight excluding hydrogens is 352 g/mol. The van der Waals surface area contributed by atoms with Gasteiger partial charge in [-0.25, -0.2) is 0 Å². The number of amides is 1. The summed E-state index contributed by atoms with van der Waals surface area (Å²) >= 11 is 0. The van der Waals surface area contributed by atoms with Crippen molar-refractivity contribution >= 4 is 16.8 Å². The van der Waals surface area contributed by atoms with Crippen LogP contribution in [-0.4, -0.2) is 47.1 Å². The van der Waals surface area contributed by atoms with Gasteiger partial charge >= 0.3 is 0 Å². The second kappa shape index (κ2) is 8.12. The molecule has 0 spiro atoms. The maximum atomic E-state index is 13.1. The normalized spacial score (nSPS) is 16.2. The molecule has 2 aromatic heterocycles. The van der Waals surface area contributed by atoms with Crippen LogP contribution in [0.4, 0.5) is 0 Å². The van der Waals surface area contributed by atoms with E-state index in [9.17, 15) is 4.79 Å². The average Bonchev–Trinajstić information content (AvgIpc) is 3.02. The highest BCUT2D eigenvalue weighted by molar-refractivity contribution is 5.86. The molecule has 1 aliphatic heterocycles. The van der Waals surface area contributed by atoms with Crippen molar-refractivity contribution in [3.63, 3.8) is 0 Å². The second-order valence-electron chi connectivity index (χ2n) is 7.31. The summed E-state index contributed by atoms with van der Waals surface area (Å²) in [6.07, 6.45) is 3.51. The van der Waals surface area contributed by atoms with Gasteiger partial charge in [0.2, 0.25) is 5.91 Å². The van der Waals surface area contributed by atoms with Crippen molar-refractivity contribution in [1.82, 2.24) is 20.2 Å². The van der Waals surface area contributed by atoms with E-state index in [-0.39, 0.29) is 11.9 Å². The summed E-state index contributed by atoms with van der Waals surface area (Å²) < 4.78 is 5.46. The van der Waals surface area contributed by atoms with Crippen LogP contribution in [0.15, 0.2) is 42.7 Å². The first-order valence-electron chi connectivity index (χ1n) is 9.71. The number of aromatic nitrogens is 2. The Bertz CT molecular complexity index is 961. The Hall–Kier alpha value is -2.70. The van der Waals surface area contributed by atoms with Crippen LogP contribution in [0, 0.1) is 13.8 Å². The van der Waals surface area contributed by atoms with Gasteiger partial charge in [-0.1, -0.05) is 12.1 Å². The molecule has 1 aliphatic rings. The SMILES string of the molecule is Cc1[nH]c2ccc(CNC(=O)[C@H](c3cccnc3)N3CCOCC3)cc2c1C. The molecule has 28 heavy (non-hydrogen) atoms. The Morgan fingerprint density at radius 3 is 2.86 bits per heavy atom. The van der Waals surface area contributed by atoms with Crippen LogP contribution in [-0.2, 0) is 16.1 Å². The molecule has 0 bridgehead atoms. The third-order valence-electron chi connectivity index (χ3n) is 5.50. The van der Waals surface area contributed by atoms with Gasteiger partial charge in [-0.15, -0.1) is 0 Å². The summed E-state index contributed by atoms with van der Waals surface area (Å²) in [6.45, 7) is 7.46. The number of hydrogen-bond donors (Lipinski definition) is 2. The molecule has 0 saturated carbocycles. The minimum atomic E-state index is -0.349. The van der Waals surface area contributed by atoms with E-state index in [1.165, 1.54) is 16.6 Å². The van der Waals surface area contributed by atoms with Gasteiger partial charge in [-0.3, -0.25) is 14.7 Å². The minimum Gasteiger partial charge on any atom is -0.379 e. The van der Waals surface area contributed by atoms with Crippen molar-refractivity contribution in [1.29, 1.82) is 0 Å². The van der Waals surface area contributed by atoms with E-state index >= 15 is 0 Å². The Morgan fingerprint density at radius 1 is 1.29 bits per heavy atom. The fourth-order valence-electron chi connectivity index (χ4n) is 3.81. The number of rotatable bonds is 5. The quantitative estimate of drug-likeness (QED) is 0.716. The fourth-order valence-corrected chi connectivity index (χ4v) is 3.81. The van der Waals surface area contributed by atoms with Crippen molar-refractivity contribution in [2.75, 3.05) is 26.3 Å². The number of hydrogen-bond acceptors (Lipinski definition) is 4. The van der Waals surface area contributed by atoms with E-state index in [0.717, 1.165) is 29.7 Å². The number of nitrogens with zero attached hydrogens (tertiary/aromatic N) is 2. The Labute approximate surface area is 164 Å². The van der Waals surface area contributed by atoms with Crippen LogP contribution in [0.2, 0.25) is 0 Å². The van der Waals surface area contributed by atoms with Gasteiger partial charge in [0.1, 0.15) is 6.04 Å². The molecule has 146 valence electrons. The number of H-pyrrole nitrogens is 1. The molecule has 1 amide bonds. The minimum absolute atomic E-state index is 0.00281. The molecule has 0 radical (unpaired) electrons. The summed E-state index contributed by atoms with van der Waals surface area (Å²) in [5, 5.41) is 4.34. The van der Waals surface area contributed by atoms with Crippen LogP contribution >= 0.6 is 0 Å². The molecule has 3 aromatic rings. The monoisotopic (exact) mass is 378 g/mol. The van der Waals surface area contributed by atoms with Crippen LogP contribution < -0.4 is 5.32 Å². The van der Waals surface area contributed by atoms with Crippen LogP contribution in [0.5, 0.6) is 0 Å². The number of aromatic amines is 1. The number of aryl methyl sites for hydroxylation is 2. The summed E-state index contributed by atoms with van der Waals surface area (Å²) in [5.41, 5.74) is 5.57. The number of pyridine rings is 1. The predicted octanol–water partition coefficient (Wildman–Crippen LogP) is 2.87. The first-order valence-corrected chi connectivity index (χ1v) is 9.71. The van der Waals surface area contributed by atoms with Crippen molar-refractivity contribution in [3.05, 3.63) is 65.1 Å². The van der Waals surface area contributed by atoms with Gasteiger partial charge < -0.3 is 15.0 Å². The second-order valence-corrected chi connectivity index (χ2v) is 7.31. The standard InChI is InChI=1S/C22H26N4O2/c1-15-16(2)25-20-6-5-17(12-19(15)20)13-24-22(27)21(18-4-3-7-23-14-18)26-8-10-28-11-9-26/h3-7,12,14,21,25H,8-11,13H2,1-2H3,(H,24,27)/t21-/m0/s1. The zero-order chi connectivity index (χ0) is 19.5. The summed E-state index contributed by atoms with van der Waals surface area (Å²) in [5.74, 6) is -0.00281. The number of fused-ring (bicyclic) bond motifs is 1. The maximum Gasteiger partial charge on any atom is 0.242 e.